The van der Waals surface area contributed by atoms with Crippen molar-refractivity contribution < 1.29 is 34.8 Å². The van der Waals surface area contributed by atoms with Crippen LogP contribution in [0, 0.1) is 11.8 Å². The van der Waals surface area contributed by atoms with Crippen LogP contribution in [0.3, 0.4) is 0 Å². The van der Waals surface area contributed by atoms with Gasteiger partial charge in [0.2, 0.25) is 0 Å². The van der Waals surface area contributed by atoms with Crippen molar-refractivity contribution in [2.75, 3.05) is 66.0 Å². The van der Waals surface area contributed by atoms with E-state index in [9.17, 15) is 29.7 Å². The number of hydrogen-bond donors (Lipinski definition) is 4. The summed E-state index contributed by atoms with van der Waals surface area (Å²) >= 11 is 0. The highest BCUT2D eigenvalue weighted by molar-refractivity contribution is 6.07. The molecule has 0 spiro atoms. The lowest BCUT2D eigenvalue weighted by Crippen LogP contribution is -2.24. The van der Waals surface area contributed by atoms with E-state index >= 15 is 0 Å². The first kappa shape index (κ1) is 81.5. The van der Waals surface area contributed by atoms with Gasteiger partial charge < -0.3 is 57.6 Å². The number of para-hydroxylation sites is 3. The zero-order valence-electron chi connectivity index (χ0n) is 70.1. The molecular formula is C100H123N9O7. The Morgan fingerprint density at radius 1 is 0.379 bits per heavy atom. The van der Waals surface area contributed by atoms with Gasteiger partial charge in [0, 0.05) is 131 Å². The van der Waals surface area contributed by atoms with Crippen LogP contribution in [-0.2, 0) is 52.1 Å². The molecule has 16 nitrogen and oxygen atoms in total. The van der Waals surface area contributed by atoms with Crippen LogP contribution >= 0.6 is 0 Å². The molecule has 9 heterocycles. The fraction of sp³-hybridized carbons (Fsp3) is 0.470. The van der Waals surface area contributed by atoms with Crippen LogP contribution in [0.2, 0.25) is 0 Å². The summed E-state index contributed by atoms with van der Waals surface area (Å²) in [5.74, 6) is 5.93. The van der Waals surface area contributed by atoms with Gasteiger partial charge in [-0.1, -0.05) is 184 Å². The number of aromatic carboxylic acids is 3. The monoisotopic (exact) mass is 1560 g/mol. The predicted molar refractivity (Wildman–Crippen MR) is 476 cm³/mol. The van der Waals surface area contributed by atoms with E-state index in [2.05, 4.69) is 187 Å². The number of rotatable bonds is 21. The fourth-order valence-electron chi connectivity index (χ4n) is 21.3. The molecule has 6 aromatic heterocycles. The molecule has 0 saturated heterocycles. The summed E-state index contributed by atoms with van der Waals surface area (Å²) in [6.07, 6.45) is 33.6. The minimum absolute atomic E-state index is 0.363. The Hall–Kier alpha value is -9.63. The Balaban J connectivity index is 0.000000135. The third-order valence-electron chi connectivity index (χ3n) is 27.1. The number of benzene rings is 6. The first-order chi connectivity index (χ1) is 56.8. The van der Waals surface area contributed by atoms with Crippen molar-refractivity contribution in [3.63, 3.8) is 0 Å². The van der Waals surface area contributed by atoms with Gasteiger partial charge in [-0.3, -0.25) is 4.90 Å². The Morgan fingerprint density at radius 3 is 1.04 bits per heavy atom. The standard InChI is InChI=1S/2C33H41N3O2.C33H37N3O2.CH4O/c3*1-3-34(4-2)18-9-13-25-22-35-19-10-20-36-29-21-24(33(37)38)16-17-27(29)30(23-11-6-5-7-12-23)32(36)28-15-8-14-26(25)31(28)35;1-2/h2*8,14-17,21-23H,3-7,9-13,18-20H2,1-2H3,(H,37,38);8,14-17,21-23H,3-7,10-12,18-20H2,1-2H3,(H,37,38);2H,1H3. The average molecular weight is 1560 g/mol. The second-order valence-corrected chi connectivity index (χ2v) is 33.5. The van der Waals surface area contributed by atoms with Gasteiger partial charge in [-0.05, 0) is 218 Å². The molecule has 3 aliphatic carbocycles. The van der Waals surface area contributed by atoms with Crippen LogP contribution in [0.25, 0.3) is 99.2 Å². The maximum absolute atomic E-state index is 11.9. The first-order valence-electron chi connectivity index (χ1n) is 44.4. The maximum Gasteiger partial charge on any atom is 0.335 e. The number of aliphatic hydroxyl groups excluding tert-OH is 1. The van der Waals surface area contributed by atoms with Crippen molar-refractivity contribution >= 4 is 83.3 Å². The Labute approximate surface area is 685 Å². The van der Waals surface area contributed by atoms with Crippen LogP contribution in [0.1, 0.15) is 252 Å². The van der Waals surface area contributed by atoms with Gasteiger partial charge in [0.25, 0.3) is 0 Å². The molecule has 3 fully saturated rings. The number of aliphatic hydroxyl groups is 1. The zero-order valence-corrected chi connectivity index (χ0v) is 70.1. The van der Waals surface area contributed by atoms with E-state index in [1.807, 2.05) is 30.3 Å². The molecule has 0 bridgehead atoms. The number of carboxylic acid groups (broad SMARTS) is 3. The first-order valence-corrected chi connectivity index (χ1v) is 44.4. The number of carboxylic acids is 3. The van der Waals surface area contributed by atoms with E-state index < -0.39 is 17.9 Å². The van der Waals surface area contributed by atoms with Crippen molar-refractivity contribution in [1.82, 2.24) is 42.1 Å². The topological polar surface area (TPSA) is 171 Å². The van der Waals surface area contributed by atoms with Crippen LogP contribution < -0.4 is 0 Å². The van der Waals surface area contributed by atoms with E-state index in [0.717, 1.165) is 159 Å². The number of fused-ring (bicyclic) bond motifs is 12. The summed E-state index contributed by atoms with van der Waals surface area (Å²) in [4.78, 5) is 43.1. The SMILES string of the molecule is CCN(CC)CC#Cc1cn2c3c(cccc13)-c1c(C3CCCCC3)c3ccc(C(=O)O)cc3n1CCC2.CCN(CC)CCCc1cn2c3c(cccc13)-c1c(C3CCCCC3)c3ccc(C(=O)O)cc3n1CCC2.CCN(CC)CCCc1cn2c3c(cccc13)-c1c(C3CCCCC3)c3ccc(C(=O)O)cc3n1CCC2.CO. The number of carbonyl (C=O) groups is 3. The molecule has 6 aliphatic rings. The fourth-order valence-corrected chi connectivity index (χ4v) is 21.3. The minimum atomic E-state index is -0.864. The number of aromatic nitrogens is 6. The summed E-state index contributed by atoms with van der Waals surface area (Å²) in [7, 11) is 1.00. The molecule has 0 atom stereocenters. The summed E-state index contributed by atoms with van der Waals surface area (Å²) in [6.45, 7) is 28.5. The van der Waals surface area contributed by atoms with E-state index in [0.29, 0.717) is 34.4 Å². The van der Waals surface area contributed by atoms with Crippen molar-refractivity contribution in [1.29, 1.82) is 0 Å². The molecule has 0 amide bonds. The van der Waals surface area contributed by atoms with E-state index in [1.165, 1.54) is 220 Å². The van der Waals surface area contributed by atoms with Crippen LogP contribution in [0.4, 0.5) is 0 Å². The molecule has 4 N–H and O–H groups in total. The normalized spacial score (nSPS) is 15.8. The van der Waals surface area contributed by atoms with E-state index in [1.54, 1.807) is 6.07 Å². The zero-order chi connectivity index (χ0) is 80.7. The molecule has 3 aliphatic heterocycles. The average Bonchev–Trinajstić information content (AvgIpc) is 1.58. The summed E-state index contributed by atoms with van der Waals surface area (Å²) in [6, 6.07) is 37.8. The lowest BCUT2D eigenvalue weighted by molar-refractivity contribution is 0.0686. The number of nitrogens with zero attached hydrogens (tertiary/aromatic N) is 9. The molecule has 0 unspecified atom stereocenters. The molecule has 3 saturated carbocycles. The van der Waals surface area contributed by atoms with Gasteiger partial charge in [0.15, 0.2) is 0 Å². The van der Waals surface area contributed by atoms with Gasteiger partial charge in [-0.15, -0.1) is 0 Å². The van der Waals surface area contributed by atoms with Gasteiger partial charge >= 0.3 is 17.9 Å². The highest BCUT2D eigenvalue weighted by Gasteiger charge is 2.34. The highest BCUT2D eigenvalue weighted by Crippen LogP contribution is 2.51. The van der Waals surface area contributed by atoms with Gasteiger partial charge in [0.1, 0.15) is 0 Å². The van der Waals surface area contributed by atoms with Crippen molar-refractivity contribution in [2.45, 2.75) is 240 Å². The van der Waals surface area contributed by atoms with Gasteiger partial charge in [-0.2, -0.15) is 0 Å². The lowest BCUT2D eigenvalue weighted by Gasteiger charge is -2.25. The van der Waals surface area contributed by atoms with Crippen molar-refractivity contribution in [2.24, 2.45) is 0 Å². The Bertz CT molecular complexity index is 5370. The van der Waals surface area contributed by atoms with Gasteiger partial charge in [-0.25, -0.2) is 14.4 Å². The highest BCUT2D eigenvalue weighted by atomic mass is 16.4. The molecule has 0 radical (unpaired) electrons. The molecule has 116 heavy (non-hydrogen) atoms. The minimum Gasteiger partial charge on any atom is -0.478 e. The predicted octanol–water partition coefficient (Wildman–Crippen LogP) is 22.1. The summed E-state index contributed by atoms with van der Waals surface area (Å²) < 4.78 is 14.8. The second-order valence-electron chi connectivity index (χ2n) is 33.5. The molecular weight excluding hydrogens is 1440 g/mol. The molecule has 610 valence electrons. The van der Waals surface area contributed by atoms with E-state index in [4.69, 9.17) is 5.11 Å². The third-order valence-corrected chi connectivity index (χ3v) is 27.1. The quantitative estimate of drug-likeness (QED) is 0.0508. The third kappa shape index (κ3) is 16.1. The van der Waals surface area contributed by atoms with Gasteiger partial charge in [0.05, 0.1) is 62.4 Å². The maximum atomic E-state index is 11.9. The van der Waals surface area contributed by atoms with Crippen LogP contribution in [0.5, 0.6) is 0 Å². The summed E-state index contributed by atoms with van der Waals surface area (Å²) in [5, 5.41) is 44.1. The Kier molecular flexibility index (Phi) is 25.9. The largest absolute Gasteiger partial charge is 0.478 e. The molecule has 18 rings (SSSR count). The molecule has 16 heteroatoms. The van der Waals surface area contributed by atoms with Crippen LogP contribution in [0.15, 0.2) is 128 Å². The number of hydrogen-bond acceptors (Lipinski definition) is 7. The summed E-state index contributed by atoms with van der Waals surface area (Å²) in [5.41, 5.74) is 24.6. The molecule has 12 aromatic rings. The Morgan fingerprint density at radius 2 is 0.707 bits per heavy atom. The number of aryl methyl sites for hydroxylation is 8. The molecule has 6 aromatic carbocycles. The smallest absolute Gasteiger partial charge is 0.335 e. The van der Waals surface area contributed by atoms with Crippen LogP contribution in [-0.4, -0.2) is 146 Å². The van der Waals surface area contributed by atoms with E-state index in [-0.39, 0.29) is 0 Å². The van der Waals surface area contributed by atoms with Crippen molar-refractivity contribution in [3.8, 4) is 45.6 Å². The second kappa shape index (κ2) is 36.9. The lowest BCUT2D eigenvalue weighted by atomic mass is 9.81. The van der Waals surface area contributed by atoms with Crippen molar-refractivity contribution in [3.05, 3.63) is 178 Å².